The lowest BCUT2D eigenvalue weighted by Gasteiger charge is -2.12. The molecule has 1 N–H and O–H groups in total. The van der Waals surface area contributed by atoms with Crippen LogP contribution in [-0.2, 0) is 10.0 Å². The van der Waals surface area contributed by atoms with E-state index >= 15 is 0 Å². The number of methoxy groups -OCH3 is 1. The van der Waals surface area contributed by atoms with E-state index in [1.54, 1.807) is 6.07 Å². The summed E-state index contributed by atoms with van der Waals surface area (Å²) in [5.74, 6) is 0. The van der Waals surface area contributed by atoms with Gasteiger partial charge in [0.05, 0.1) is 12.8 Å². The van der Waals surface area contributed by atoms with Crippen LogP contribution in [0, 0.1) is 6.92 Å². The number of anilines is 1. The van der Waals surface area contributed by atoms with E-state index in [0.29, 0.717) is 5.69 Å². The van der Waals surface area contributed by atoms with Crippen molar-refractivity contribution in [3.8, 4) is 11.7 Å². The molecule has 124 valence electrons. The summed E-state index contributed by atoms with van der Waals surface area (Å²) in [6.45, 7) is 1.83. The van der Waals surface area contributed by atoms with Gasteiger partial charge >= 0.3 is 6.01 Å². The lowest BCUT2D eigenvalue weighted by Crippen LogP contribution is -2.16. The normalized spacial score (nSPS) is 11.2. The highest BCUT2D eigenvalue weighted by atomic mass is 32.2. The fraction of sp³-hybridized carbons (Fsp3) is 0.125. The van der Waals surface area contributed by atoms with Gasteiger partial charge in [-0.15, -0.1) is 0 Å². The molecule has 8 heteroatoms. The number of aryl methyl sites for hydroxylation is 1. The summed E-state index contributed by atoms with van der Waals surface area (Å²) >= 11 is 0. The maximum atomic E-state index is 12.6. The molecule has 2 heterocycles. The Morgan fingerprint density at radius 3 is 2.62 bits per heavy atom. The minimum atomic E-state index is -3.84. The molecule has 0 aliphatic heterocycles. The van der Waals surface area contributed by atoms with Crippen LogP contribution in [0.3, 0.4) is 0 Å². The molecular formula is C16H16N4O3S. The van der Waals surface area contributed by atoms with Crippen molar-refractivity contribution in [3.63, 3.8) is 0 Å². The number of aromatic nitrogens is 3. The maximum absolute atomic E-state index is 12.6. The number of hydrogen-bond donors (Lipinski definition) is 1. The Bertz CT molecular complexity index is 953. The van der Waals surface area contributed by atoms with Crippen molar-refractivity contribution in [1.82, 2.24) is 14.5 Å². The molecule has 0 bridgehead atoms. The molecule has 2 aromatic heterocycles. The minimum Gasteiger partial charge on any atom is -0.467 e. The van der Waals surface area contributed by atoms with Gasteiger partial charge in [-0.25, -0.2) is 4.98 Å². The van der Waals surface area contributed by atoms with Crippen molar-refractivity contribution in [3.05, 3.63) is 60.6 Å². The Balaban J connectivity index is 1.96. The molecule has 0 unspecified atom stereocenters. The SMILES string of the molecule is COc1nccc(S(=O)(=O)Nc2cc(-n3cccc3)ccc2C)n1. The third-order valence-corrected chi connectivity index (χ3v) is 4.70. The van der Waals surface area contributed by atoms with E-state index in [-0.39, 0.29) is 11.0 Å². The Morgan fingerprint density at radius 2 is 1.92 bits per heavy atom. The van der Waals surface area contributed by atoms with E-state index in [0.717, 1.165) is 11.3 Å². The molecule has 0 fully saturated rings. The standard InChI is InChI=1S/C16H16N4O3S/c1-12-5-6-13(20-9-3-4-10-20)11-14(12)19-24(21,22)15-7-8-17-16(18-15)23-2/h3-11,19H,1-2H3. The van der Waals surface area contributed by atoms with Gasteiger partial charge in [0.15, 0.2) is 5.03 Å². The minimum absolute atomic E-state index is 0.00399. The lowest BCUT2D eigenvalue weighted by atomic mass is 10.2. The molecule has 0 aliphatic rings. The quantitative estimate of drug-likeness (QED) is 0.718. The van der Waals surface area contributed by atoms with E-state index < -0.39 is 10.0 Å². The van der Waals surface area contributed by atoms with Gasteiger partial charge in [-0.3, -0.25) is 4.72 Å². The Hall–Kier alpha value is -2.87. The first-order valence-corrected chi connectivity index (χ1v) is 8.62. The zero-order valence-corrected chi connectivity index (χ0v) is 14.0. The molecular weight excluding hydrogens is 328 g/mol. The third kappa shape index (κ3) is 3.23. The molecule has 0 spiro atoms. The highest BCUT2D eigenvalue weighted by Crippen LogP contribution is 2.23. The molecule has 0 saturated heterocycles. The molecule has 3 rings (SSSR count). The Kier molecular flexibility index (Phi) is 4.22. The third-order valence-electron chi connectivity index (χ3n) is 3.43. The number of rotatable bonds is 5. The molecule has 0 atom stereocenters. The molecule has 0 aliphatic carbocycles. The number of benzene rings is 1. The van der Waals surface area contributed by atoms with Gasteiger partial charge < -0.3 is 9.30 Å². The number of hydrogen-bond acceptors (Lipinski definition) is 5. The summed E-state index contributed by atoms with van der Waals surface area (Å²) in [5.41, 5.74) is 2.14. The molecule has 24 heavy (non-hydrogen) atoms. The summed E-state index contributed by atoms with van der Waals surface area (Å²) in [5, 5.41) is -0.153. The van der Waals surface area contributed by atoms with Crippen LogP contribution in [0.1, 0.15) is 5.56 Å². The summed E-state index contributed by atoms with van der Waals surface area (Å²) in [4.78, 5) is 7.69. The van der Waals surface area contributed by atoms with Crippen molar-refractivity contribution in [2.24, 2.45) is 0 Å². The predicted molar refractivity (Wildman–Crippen MR) is 89.9 cm³/mol. The first-order valence-electron chi connectivity index (χ1n) is 7.13. The number of nitrogens with zero attached hydrogens (tertiary/aromatic N) is 3. The second-order valence-electron chi connectivity index (χ2n) is 5.08. The Labute approximate surface area is 140 Å². The fourth-order valence-electron chi connectivity index (χ4n) is 2.16. The molecule has 1 aromatic carbocycles. The van der Waals surface area contributed by atoms with E-state index in [2.05, 4.69) is 14.7 Å². The molecule has 0 amide bonds. The van der Waals surface area contributed by atoms with Crippen molar-refractivity contribution < 1.29 is 13.2 Å². The van der Waals surface area contributed by atoms with Crippen molar-refractivity contribution in [1.29, 1.82) is 0 Å². The van der Waals surface area contributed by atoms with Gasteiger partial charge in [0.1, 0.15) is 0 Å². The highest BCUT2D eigenvalue weighted by Gasteiger charge is 2.18. The Morgan fingerprint density at radius 1 is 1.17 bits per heavy atom. The smallest absolute Gasteiger partial charge is 0.317 e. The van der Waals surface area contributed by atoms with Gasteiger partial charge in [0.2, 0.25) is 0 Å². The average molecular weight is 344 g/mol. The summed E-state index contributed by atoms with van der Waals surface area (Å²) < 4.78 is 34.4. The predicted octanol–water partition coefficient (Wildman–Crippen LogP) is 2.39. The topological polar surface area (TPSA) is 86.1 Å². The lowest BCUT2D eigenvalue weighted by molar-refractivity contribution is 0.375. The molecule has 3 aromatic rings. The van der Waals surface area contributed by atoms with E-state index in [9.17, 15) is 8.42 Å². The highest BCUT2D eigenvalue weighted by molar-refractivity contribution is 7.92. The van der Waals surface area contributed by atoms with Crippen molar-refractivity contribution in [2.45, 2.75) is 11.9 Å². The first kappa shape index (κ1) is 16.0. The largest absolute Gasteiger partial charge is 0.467 e. The van der Waals surface area contributed by atoms with Crippen molar-refractivity contribution >= 4 is 15.7 Å². The van der Waals surface area contributed by atoms with Gasteiger partial charge in [0.25, 0.3) is 10.0 Å². The zero-order valence-electron chi connectivity index (χ0n) is 13.2. The van der Waals surface area contributed by atoms with Crippen LogP contribution in [0.5, 0.6) is 6.01 Å². The van der Waals surface area contributed by atoms with Crippen LogP contribution in [0.4, 0.5) is 5.69 Å². The monoisotopic (exact) mass is 344 g/mol. The fourth-order valence-corrected chi connectivity index (χ4v) is 3.21. The summed E-state index contributed by atoms with van der Waals surface area (Å²) in [6.07, 6.45) is 5.11. The number of nitrogens with one attached hydrogen (secondary N) is 1. The summed E-state index contributed by atoms with van der Waals surface area (Å²) in [6, 6.07) is 10.7. The average Bonchev–Trinajstić information content (AvgIpc) is 3.11. The second kappa shape index (κ2) is 6.32. The maximum Gasteiger partial charge on any atom is 0.317 e. The second-order valence-corrected chi connectivity index (χ2v) is 6.71. The molecule has 0 radical (unpaired) electrons. The van der Waals surface area contributed by atoms with Crippen LogP contribution < -0.4 is 9.46 Å². The van der Waals surface area contributed by atoms with E-state index in [1.807, 2.05) is 48.1 Å². The van der Waals surface area contributed by atoms with Crippen LogP contribution in [0.2, 0.25) is 0 Å². The number of ether oxygens (including phenoxy) is 1. The zero-order chi connectivity index (χ0) is 17.2. The summed E-state index contributed by atoms with van der Waals surface area (Å²) in [7, 11) is -2.47. The van der Waals surface area contributed by atoms with Gasteiger partial charge in [-0.1, -0.05) is 6.07 Å². The van der Waals surface area contributed by atoms with E-state index in [1.165, 1.54) is 19.4 Å². The van der Waals surface area contributed by atoms with Gasteiger partial charge in [-0.05, 0) is 42.8 Å². The van der Waals surface area contributed by atoms with E-state index in [4.69, 9.17) is 4.74 Å². The van der Waals surface area contributed by atoms with Crippen LogP contribution in [-0.4, -0.2) is 30.1 Å². The molecule has 0 saturated carbocycles. The van der Waals surface area contributed by atoms with Crippen LogP contribution in [0.15, 0.2) is 60.0 Å². The van der Waals surface area contributed by atoms with Crippen molar-refractivity contribution in [2.75, 3.05) is 11.8 Å². The van der Waals surface area contributed by atoms with Gasteiger partial charge in [-0.2, -0.15) is 13.4 Å². The first-order chi connectivity index (χ1) is 11.5. The van der Waals surface area contributed by atoms with Crippen LogP contribution >= 0.6 is 0 Å². The number of sulfonamides is 1. The molecule has 7 nitrogen and oxygen atoms in total. The van der Waals surface area contributed by atoms with Crippen LogP contribution in [0.25, 0.3) is 5.69 Å². The van der Waals surface area contributed by atoms with Gasteiger partial charge in [0, 0.05) is 24.3 Å².